The highest BCUT2D eigenvalue weighted by Crippen LogP contribution is 2.23. The number of rotatable bonds is 3. The number of hydrogen-bond acceptors (Lipinski definition) is 5. The lowest BCUT2D eigenvalue weighted by Crippen LogP contribution is -2.42. The van der Waals surface area contributed by atoms with Crippen molar-refractivity contribution in [1.29, 1.82) is 0 Å². The number of aromatic nitrogens is 2. The molecular formula is C13H15N3OS. The maximum atomic E-state index is 5.45. The molecule has 1 aliphatic rings. The molecule has 1 atom stereocenters. The Morgan fingerprint density at radius 3 is 3.28 bits per heavy atom. The largest absolute Gasteiger partial charge is 0.379 e. The van der Waals surface area contributed by atoms with Crippen molar-refractivity contribution in [1.82, 2.24) is 15.3 Å². The minimum atomic E-state index is 0.391. The fourth-order valence-corrected chi connectivity index (χ4v) is 2.85. The second kappa shape index (κ2) is 5.56. The van der Waals surface area contributed by atoms with Gasteiger partial charge in [0, 0.05) is 42.3 Å². The van der Waals surface area contributed by atoms with Crippen LogP contribution in [0.2, 0.25) is 0 Å². The van der Waals surface area contributed by atoms with Gasteiger partial charge >= 0.3 is 0 Å². The van der Waals surface area contributed by atoms with Gasteiger partial charge in [-0.3, -0.25) is 4.98 Å². The average molecular weight is 261 g/mol. The van der Waals surface area contributed by atoms with Gasteiger partial charge in [-0.05, 0) is 12.1 Å². The molecule has 1 N–H and O–H groups in total. The predicted molar refractivity (Wildman–Crippen MR) is 71.7 cm³/mol. The third-order valence-corrected chi connectivity index (χ3v) is 3.85. The highest BCUT2D eigenvalue weighted by Gasteiger charge is 2.15. The van der Waals surface area contributed by atoms with Crippen molar-refractivity contribution in [3.05, 3.63) is 35.6 Å². The van der Waals surface area contributed by atoms with E-state index in [2.05, 4.69) is 20.7 Å². The van der Waals surface area contributed by atoms with Crippen molar-refractivity contribution in [2.75, 3.05) is 19.8 Å². The smallest absolute Gasteiger partial charge is 0.125 e. The van der Waals surface area contributed by atoms with Gasteiger partial charge in [0.1, 0.15) is 5.01 Å². The Labute approximate surface area is 110 Å². The fourth-order valence-electron chi connectivity index (χ4n) is 2.03. The van der Waals surface area contributed by atoms with Gasteiger partial charge in [-0.25, -0.2) is 4.98 Å². The standard InChI is InChI=1S/C13H15N3OS/c1-2-10(7-14-3-1)13-16-12(9-18-13)6-11-8-17-5-4-15-11/h1-3,7,9,11,15H,4-6,8H2. The molecule has 0 amide bonds. The Balaban J connectivity index is 1.69. The molecule has 1 unspecified atom stereocenters. The second-order valence-electron chi connectivity index (χ2n) is 4.32. The van der Waals surface area contributed by atoms with E-state index in [-0.39, 0.29) is 0 Å². The third kappa shape index (κ3) is 2.75. The molecule has 2 aromatic rings. The monoisotopic (exact) mass is 261 g/mol. The number of nitrogens with one attached hydrogen (secondary N) is 1. The molecule has 1 aliphatic heterocycles. The van der Waals surface area contributed by atoms with E-state index in [1.165, 1.54) is 0 Å². The molecule has 18 heavy (non-hydrogen) atoms. The molecule has 1 fully saturated rings. The summed E-state index contributed by atoms with van der Waals surface area (Å²) in [5, 5.41) is 6.60. The maximum absolute atomic E-state index is 5.45. The molecule has 4 nitrogen and oxygen atoms in total. The number of pyridine rings is 1. The minimum Gasteiger partial charge on any atom is -0.379 e. The molecule has 0 spiro atoms. The summed E-state index contributed by atoms with van der Waals surface area (Å²) in [5.74, 6) is 0. The van der Waals surface area contributed by atoms with E-state index in [0.717, 1.165) is 42.4 Å². The Morgan fingerprint density at radius 2 is 2.50 bits per heavy atom. The van der Waals surface area contributed by atoms with Crippen LogP contribution >= 0.6 is 11.3 Å². The van der Waals surface area contributed by atoms with Crippen LogP contribution in [0.5, 0.6) is 0 Å². The molecule has 0 aliphatic carbocycles. The van der Waals surface area contributed by atoms with Crippen LogP contribution in [-0.4, -0.2) is 35.8 Å². The summed E-state index contributed by atoms with van der Waals surface area (Å²) in [5.41, 5.74) is 2.21. The summed E-state index contributed by atoms with van der Waals surface area (Å²) in [4.78, 5) is 8.78. The Morgan fingerprint density at radius 1 is 1.50 bits per heavy atom. The van der Waals surface area contributed by atoms with Crippen LogP contribution in [-0.2, 0) is 11.2 Å². The van der Waals surface area contributed by atoms with Crippen molar-refractivity contribution in [2.24, 2.45) is 0 Å². The van der Waals surface area contributed by atoms with E-state index in [1.54, 1.807) is 17.5 Å². The molecule has 0 bridgehead atoms. The van der Waals surface area contributed by atoms with Crippen LogP contribution in [0.15, 0.2) is 29.9 Å². The first-order valence-electron chi connectivity index (χ1n) is 6.08. The lowest BCUT2D eigenvalue weighted by atomic mass is 10.1. The summed E-state index contributed by atoms with van der Waals surface area (Å²) in [6.45, 7) is 2.53. The lowest BCUT2D eigenvalue weighted by molar-refractivity contribution is 0.0767. The van der Waals surface area contributed by atoms with Gasteiger partial charge in [-0.15, -0.1) is 11.3 Å². The SMILES string of the molecule is c1cncc(-c2nc(CC3COCCN3)cs2)c1. The molecular weight excluding hydrogens is 246 g/mol. The summed E-state index contributed by atoms with van der Waals surface area (Å²) in [7, 11) is 0. The average Bonchev–Trinajstić information content (AvgIpc) is 2.89. The molecule has 94 valence electrons. The Hall–Kier alpha value is -1.30. The second-order valence-corrected chi connectivity index (χ2v) is 5.17. The van der Waals surface area contributed by atoms with Gasteiger partial charge in [-0.1, -0.05) is 0 Å². The zero-order valence-corrected chi connectivity index (χ0v) is 10.8. The topological polar surface area (TPSA) is 47.0 Å². The summed E-state index contributed by atoms with van der Waals surface area (Å²) in [6.07, 6.45) is 4.56. The third-order valence-electron chi connectivity index (χ3n) is 2.91. The van der Waals surface area contributed by atoms with Gasteiger partial charge in [0.15, 0.2) is 0 Å². The minimum absolute atomic E-state index is 0.391. The maximum Gasteiger partial charge on any atom is 0.125 e. The molecule has 5 heteroatoms. The highest BCUT2D eigenvalue weighted by molar-refractivity contribution is 7.13. The van der Waals surface area contributed by atoms with Crippen LogP contribution < -0.4 is 5.32 Å². The van der Waals surface area contributed by atoms with Gasteiger partial charge < -0.3 is 10.1 Å². The van der Waals surface area contributed by atoms with E-state index in [0.29, 0.717) is 6.04 Å². The van der Waals surface area contributed by atoms with Gasteiger partial charge in [-0.2, -0.15) is 0 Å². The number of thiazole rings is 1. The molecule has 0 radical (unpaired) electrons. The Kier molecular flexibility index (Phi) is 3.64. The number of nitrogens with zero attached hydrogens (tertiary/aromatic N) is 2. The molecule has 1 saturated heterocycles. The summed E-state index contributed by atoms with van der Waals surface area (Å²) < 4.78 is 5.45. The molecule has 0 saturated carbocycles. The van der Waals surface area contributed by atoms with E-state index in [4.69, 9.17) is 4.74 Å². The van der Waals surface area contributed by atoms with Crippen LogP contribution in [0, 0.1) is 0 Å². The number of hydrogen-bond donors (Lipinski definition) is 1. The van der Waals surface area contributed by atoms with Gasteiger partial charge in [0.25, 0.3) is 0 Å². The first-order valence-corrected chi connectivity index (χ1v) is 6.96. The van der Waals surface area contributed by atoms with Crippen LogP contribution in [0.3, 0.4) is 0 Å². The highest BCUT2D eigenvalue weighted by atomic mass is 32.1. The van der Waals surface area contributed by atoms with Gasteiger partial charge in [0.05, 0.1) is 18.9 Å². The molecule has 0 aromatic carbocycles. The van der Waals surface area contributed by atoms with Crippen molar-refractivity contribution in [3.63, 3.8) is 0 Å². The van der Waals surface area contributed by atoms with E-state index >= 15 is 0 Å². The quantitative estimate of drug-likeness (QED) is 0.914. The number of ether oxygens (including phenoxy) is 1. The van der Waals surface area contributed by atoms with Crippen molar-refractivity contribution < 1.29 is 4.74 Å². The Bertz CT molecular complexity index is 494. The normalized spacial score (nSPS) is 19.9. The summed E-state index contributed by atoms with van der Waals surface area (Å²) >= 11 is 1.67. The van der Waals surface area contributed by atoms with Crippen molar-refractivity contribution in [3.8, 4) is 10.6 Å². The van der Waals surface area contributed by atoms with Crippen LogP contribution in [0.4, 0.5) is 0 Å². The van der Waals surface area contributed by atoms with Crippen molar-refractivity contribution in [2.45, 2.75) is 12.5 Å². The van der Waals surface area contributed by atoms with Crippen molar-refractivity contribution >= 4 is 11.3 Å². The van der Waals surface area contributed by atoms with E-state index in [1.807, 2.05) is 18.3 Å². The molecule has 2 aromatic heterocycles. The number of morpholine rings is 1. The fraction of sp³-hybridized carbons (Fsp3) is 0.385. The molecule has 3 rings (SSSR count). The molecule has 3 heterocycles. The summed E-state index contributed by atoms with van der Waals surface area (Å²) in [6, 6.07) is 4.37. The van der Waals surface area contributed by atoms with E-state index < -0.39 is 0 Å². The van der Waals surface area contributed by atoms with Crippen LogP contribution in [0.1, 0.15) is 5.69 Å². The lowest BCUT2D eigenvalue weighted by Gasteiger charge is -2.22. The van der Waals surface area contributed by atoms with E-state index in [9.17, 15) is 0 Å². The first-order chi connectivity index (χ1) is 8.92. The van der Waals surface area contributed by atoms with Gasteiger partial charge in [0.2, 0.25) is 0 Å². The van der Waals surface area contributed by atoms with Crippen LogP contribution in [0.25, 0.3) is 10.6 Å². The first kappa shape index (κ1) is 11.8. The predicted octanol–water partition coefficient (Wildman–Crippen LogP) is 1.74. The zero-order chi connectivity index (χ0) is 12.2. The zero-order valence-electron chi connectivity index (χ0n) is 10.0.